The Labute approximate surface area is 97.2 Å². The van der Waals surface area contributed by atoms with Gasteiger partial charge in [-0.25, -0.2) is 0 Å². The van der Waals surface area contributed by atoms with E-state index in [1.807, 2.05) is 6.92 Å². The van der Waals surface area contributed by atoms with Crippen molar-refractivity contribution in [3.63, 3.8) is 0 Å². The standard InChI is InChI=1S/C11H22N2OS/c1-3-6-13-11(2,10-12)5-9-15-8-4-7-14/h13-14H,3-9H2,1-2H3. The molecule has 0 rings (SSSR count). The number of nitrogens with zero attached hydrogens (tertiary/aromatic N) is 1. The monoisotopic (exact) mass is 230 g/mol. The predicted molar refractivity (Wildman–Crippen MR) is 66.0 cm³/mol. The Hall–Kier alpha value is -0.240. The molecule has 0 aromatic heterocycles. The zero-order chi connectivity index (χ0) is 11.6. The van der Waals surface area contributed by atoms with Gasteiger partial charge in [0.2, 0.25) is 0 Å². The smallest absolute Gasteiger partial charge is 0.104 e. The van der Waals surface area contributed by atoms with E-state index in [9.17, 15) is 0 Å². The molecule has 0 heterocycles. The van der Waals surface area contributed by atoms with Gasteiger partial charge in [0.15, 0.2) is 0 Å². The third kappa shape index (κ3) is 7.66. The van der Waals surface area contributed by atoms with E-state index >= 15 is 0 Å². The fourth-order valence-electron chi connectivity index (χ4n) is 1.13. The highest BCUT2D eigenvalue weighted by Gasteiger charge is 2.21. The summed E-state index contributed by atoms with van der Waals surface area (Å²) in [6, 6.07) is 2.33. The summed E-state index contributed by atoms with van der Waals surface area (Å²) in [6.07, 6.45) is 2.75. The minimum absolute atomic E-state index is 0.261. The Kier molecular flexibility index (Phi) is 8.88. The number of rotatable bonds is 9. The first-order chi connectivity index (χ1) is 7.18. The lowest BCUT2D eigenvalue weighted by atomic mass is 10.0. The molecular formula is C11H22N2OS. The SMILES string of the molecule is CCCNC(C)(C#N)CCSCCCO. The molecule has 0 bridgehead atoms. The highest BCUT2D eigenvalue weighted by Crippen LogP contribution is 2.14. The molecule has 0 aliphatic heterocycles. The van der Waals surface area contributed by atoms with Crippen LogP contribution < -0.4 is 5.32 Å². The van der Waals surface area contributed by atoms with E-state index in [1.165, 1.54) is 0 Å². The van der Waals surface area contributed by atoms with Gasteiger partial charge >= 0.3 is 0 Å². The average molecular weight is 230 g/mol. The van der Waals surface area contributed by atoms with Crippen LogP contribution in [0.15, 0.2) is 0 Å². The molecule has 0 aliphatic carbocycles. The summed E-state index contributed by atoms with van der Waals surface area (Å²) >= 11 is 1.80. The Bertz CT molecular complexity index is 194. The molecule has 15 heavy (non-hydrogen) atoms. The molecule has 0 saturated carbocycles. The van der Waals surface area contributed by atoms with Crippen LogP contribution in [0.3, 0.4) is 0 Å². The van der Waals surface area contributed by atoms with Crippen LogP contribution in [0.5, 0.6) is 0 Å². The first-order valence-corrected chi connectivity index (χ1v) is 6.69. The lowest BCUT2D eigenvalue weighted by Crippen LogP contribution is -2.41. The Morgan fingerprint density at radius 2 is 2.20 bits per heavy atom. The number of nitriles is 1. The quantitative estimate of drug-likeness (QED) is 0.593. The predicted octanol–water partition coefficient (Wildman–Crippen LogP) is 1.77. The van der Waals surface area contributed by atoms with E-state index in [4.69, 9.17) is 10.4 Å². The van der Waals surface area contributed by atoms with Crippen LogP contribution in [0.1, 0.15) is 33.1 Å². The number of aliphatic hydroxyl groups excluding tert-OH is 1. The van der Waals surface area contributed by atoms with Crippen molar-refractivity contribution in [1.29, 1.82) is 5.26 Å². The topological polar surface area (TPSA) is 56.0 Å². The molecule has 88 valence electrons. The summed E-state index contributed by atoms with van der Waals surface area (Å²) < 4.78 is 0. The minimum Gasteiger partial charge on any atom is -0.396 e. The maximum absolute atomic E-state index is 9.05. The number of nitrogens with one attached hydrogen (secondary N) is 1. The van der Waals surface area contributed by atoms with Gasteiger partial charge in [-0.3, -0.25) is 5.32 Å². The number of thioether (sulfide) groups is 1. The van der Waals surface area contributed by atoms with Crippen molar-refractivity contribution in [2.75, 3.05) is 24.7 Å². The van der Waals surface area contributed by atoms with Crippen LogP contribution >= 0.6 is 11.8 Å². The molecule has 0 spiro atoms. The van der Waals surface area contributed by atoms with Crippen molar-refractivity contribution in [3.05, 3.63) is 0 Å². The second-order valence-electron chi connectivity index (χ2n) is 3.81. The lowest BCUT2D eigenvalue weighted by Gasteiger charge is -2.22. The Morgan fingerprint density at radius 3 is 2.73 bits per heavy atom. The zero-order valence-electron chi connectivity index (χ0n) is 9.75. The summed E-state index contributed by atoms with van der Waals surface area (Å²) in [5.74, 6) is 1.95. The van der Waals surface area contributed by atoms with Crippen LogP contribution in [0.2, 0.25) is 0 Å². The van der Waals surface area contributed by atoms with Crippen molar-refractivity contribution in [2.45, 2.75) is 38.6 Å². The summed E-state index contributed by atoms with van der Waals surface area (Å²) in [7, 11) is 0. The summed E-state index contributed by atoms with van der Waals surface area (Å²) in [5, 5.41) is 20.9. The van der Waals surface area contributed by atoms with Gasteiger partial charge in [-0.05, 0) is 44.2 Å². The third-order valence-electron chi connectivity index (χ3n) is 2.21. The first kappa shape index (κ1) is 14.8. The van der Waals surface area contributed by atoms with Crippen molar-refractivity contribution < 1.29 is 5.11 Å². The third-order valence-corrected chi connectivity index (χ3v) is 3.28. The van der Waals surface area contributed by atoms with E-state index in [0.717, 1.165) is 37.3 Å². The van der Waals surface area contributed by atoms with Gasteiger partial charge in [-0.15, -0.1) is 0 Å². The van der Waals surface area contributed by atoms with Crippen molar-refractivity contribution >= 4 is 11.8 Å². The van der Waals surface area contributed by atoms with Gasteiger partial charge in [-0.1, -0.05) is 6.92 Å². The minimum atomic E-state index is -0.387. The van der Waals surface area contributed by atoms with E-state index in [0.29, 0.717) is 0 Å². The Balaban J connectivity index is 3.64. The van der Waals surface area contributed by atoms with Gasteiger partial charge < -0.3 is 5.11 Å². The van der Waals surface area contributed by atoms with Gasteiger partial charge in [0.05, 0.1) is 6.07 Å². The number of hydrogen-bond acceptors (Lipinski definition) is 4. The molecule has 0 aromatic rings. The van der Waals surface area contributed by atoms with Crippen LogP contribution in [0.25, 0.3) is 0 Å². The van der Waals surface area contributed by atoms with Crippen molar-refractivity contribution in [3.8, 4) is 6.07 Å². The van der Waals surface area contributed by atoms with Crippen molar-refractivity contribution in [2.24, 2.45) is 0 Å². The summed E-state index contributed by atoms with van der Waals surface area (Å²) in [6.45, 7) is 5.21. The maximum Gasteiger partial charge on any atom is 0.104 e. The summed E-state index contributed by atoms with van der Waals surface area (Å²) in [5.41, 5.74) is -0.387. The molecule has 0 aromatic carbocycles. The van der Waals surface area contributed by atoms with Gasteiger partial charge in [0, 0.05) is 6.61 Å². The van der Waals surface area contributed by atoms with Crippen LogP contribution in [-0.2, 0) is 0 Å². The normalized spacial score (nSPS) is 14.5. The molecule has 4 heteroatoms. The fourth-order valence-corrected chi connectivity index (χ4v) is 2.22. The van der Waals surface area contributed by atoms with Crippen LogP contribution in [0, 0.1) is 11.3 Å². The van der Waals surface area contributed by atoms with E-state index in [-0.39, 0.29) is 12.1 Å². The molecule has 0 amide bonds. The maximum atomic E-state index is 9.05. The second-order valence-corrected chi connectivity index (χ2v) is 5.03. The molecule has 2 N–H and O–H groups in total. The first-order valence-electron chi connectivity index (χ1n) is 5.53. The highest BCUT2D eigenvalue weighted by atomic mass is 32.2. The second kappa shape index (κ2) is 9.02. The van der Waals surface area contributed by atoms with Gasteiger partial charge in [0.1, 0.15) is 5.54 Å². The average Bonchev–Trinajstić information content (AvgIpc) is 2.26. The molecule has 0 radical (unpaired) electrons. The number of aliphatic hydroxyl groups is 1. The highest BCUT2D eigenvalue weighted by molar-refractivity contribution is 7.99. The lowest BCUT2D eigenvalue weighted by molar-refractivity contribution is 0.296. The molecule has 0 saturated heterocycles. The molecule has 1 atom stereocenters. The van der Waals surface area contributed by atoms with Crippen molar-refractivity contribution in [1.82, 2.24) is 5.32 Å². The Morgan fingerprint density at radius 1 is 1.47 bits per heavy atom. The zero-order valence-corrected chi connectivity index (χ0v) is 10.6. The summed E-state index contributed by atoms with van der Waals surface area (Å²) in [4.78, 5) is 0. The van der Waals surface area contributed by atoms with Gasteiger partial charge in [0.25, 0.3) is 0 Å². The van der Waals surface area contributed by atoms with E-state index < -0.39 is 0 Å². The van der Waals surface area contributed by atoms with Gasteiger partial charge in [-0.2, -0.15) is 17.0 Å². The molecule has 0 aliphatic rings. The van der Waals surface area contributed by atoms with E-state index in [1.54, 1.807) is 11.8 Å². The molecule has 1 unspecified atom stereocenters. The van der Waals surface area contributed by atoms with Crippen LogP contribution in [0.4, 0.5) is 0 Å². The largest absolute Gasteiger partial charge is 0.396 e. The van der Waals surface area contributed by atoms with Crippen LogP contribution in [-0.4, -0.2) is 35.3 Å². The molecule has 0 fully saturated rings. The van der Waals surface area contributed by atoms with E-state index in [2.05, 4.69) is 18.3 Å². The fraction of sp³-hybridized carbons (Fsp3) is 0.909. The number of hydrogen-bond donors (Lipinski definition) is 2. The molecule has 3 nitrogen and oxygen atoms in total. The molecular weight excluding hydrogens is 208 g/mol.